The summed E-state index contributed by atoms with van der Waals surface area (Å²) in [6.07, 6.45) is 2.78. The van der Waals surface area contributed by atoms with Gasteiger partial charge in [-0.25, -0.2) is 9.59 Å². The SMILES string of the molecule is C/C=C1\C[C@H](C)[C@@](C)(OC(C)=O)C(=O)OC/C2=C/CN(C)CC[C@@H](OC1=O)C2=O. The van der Waals surface area contributed by atoms with Gasteiger partial charge in [0, 0.05) is 43.5 Å². The van der Waals surface area contributed by atoms with E-state index < -0.39 is 35.5 Å². The smallest absolute Gasteiger partial charge is 0.350 e. The van der Waals surface area contributed by atoms with Gasteiger partial charge in [0.25, 0.3) is 0 Å². The predicted octanol–water partition coefficient (Wildman–Crippen LogP) is 1.58. The molecule has 29 heavy (non-hydrogen) atoms. The summed E-state index contributed by atoms with van der Waals surface area (Å²) in [6.45, 7) is 6.83. The van der Waals surface area contributed by atoms with Crippen molar-refractivity contribution in [3.05, 3.63) is 23.3 Å². The number of cyclic esters (lactones) is 1. The quantitative estimate of drug-likeness (QED) is 0.367. The fraction of sp³-hybridized carbons (Fsp3) is 0.619. The van der Waals surface area contributed by atoms with Crippen LogP contribution in [0.3, 0.4) is 0 Å². The van der Waals surface area contributed by atoms with Crippen molar-refractivity contribution in [2.45, 2.75) is 52.2 Å². The van der Waals surface area contributed by atoms with Crippen LogP contribution < -0.4 is 0 Å². The maximum absolute atomic E-state index is 12.9. The van der Waals surface area contributed by atoms with Crippen molar-refractivity contribution >= 4 is 23.7 Å². The van der Waals surface area contributed by atoms with Crippen LogP contribution in [-0.4, -0.2) is 67.0 Å². The number of likely N-dealkylation sites (N-methyl/N-ethyl adjacent to an activating group) is 1. The lowest BCUT2D eigenvalue weighted by molar-refractivity contribution is -0.185. The Bertz CT molecular complexity index is 754. The maximum atomic E-state index is 12.9. The van der Waals surface area contributed by atoms with Crippen LogP contribution >= 0.6 is 0 Å². The average Bonchev–Trinajstić information content (AvgIpc) is 2.65. The largest absolute Gasteiger partial charge is 0.458 e. The molecule has 0 radical (unpaired) electrons. The van der Waals surface area contributed by atoms with Gasteiger partial charge in [-0.1, -0.05) is 19.1 Å². The van der Waals surface area contributed by atoms with E-state index in [9.17, 15) is 19.2 Å². The molecule has 0 aliphatic carbocycles. The molecule has 2 aliphatic rings. The summed E-state index contributed by atoms with van der Waals surface area (Å²) in [7, 11) is 1.88. The van der Waals surface area contributed by atoms with Gasteiger partial charge in [0.15, 0.2) is 6.10 Å². The van der Waals surface area contributed by atoms with Crippen LogP contribution in [0.4, 0.5) is 0 Å². The Balaban J connectivity index is 2.48. The van der Waals surface area contributed by atoms with Crippen LogP contribution in [0.25, 0.3) is 0 Å². The molecule has 0 unspecified atom stereocenters. The van der Waals surface area contributed by atoms with Crippen LogP contribution in [0.15, 0.2) is 23.3 Å². The Morgan fingerprint density at radius 3 is 2.66 bits per heavy atom. The van der Waals surface area contributed by atoms with E-state index in [4.69, 9.17) is 14.2 Å². The van der Waals surface area contributed by atoms with Crippen molar-refractivity contribution in [2.24, 2.45) is 5.92 Å². The third-order valence-corrected chi connectivity index (χ3v) is 5.48. The summed E-state index contributed by atoms with van der Waals surface area (Å²) < 4.78 is 16.3. The normalized spacial score (nSPS) is 33.2. The van der Waals surface area contributed by atoms with Gasteiger partial charge in [-0.05, 0) is 27.3 Å². The second-order valence-corrected chi connectivity index (χ2v) is 7.73. The number of hydrogen-bond donors (Lipinski definition) is 0. The topological polar surface area (TPSA) is 99.2 Å². The van der Waals surface area contributed by atoms with E-state index in [2.05, 4.69) is 0 Å². The standard InChI is InChI=1S/C21H29NO7/c1-6-15-11-13(2)21(4,29-14(3)23)20(26)27-12-16-7-9-22(5)10-8-17(18(16)24)28-19(15)25/h6-7,13,17H,8-12H2,1-5H3/b15-6+,16-7-/t13-,17+,21+/m0/s1. The number of carbonyl (C=O) groups is 4. The number of esters is 3. The molecular formula is C21H29NO7. The number of carbonyl (C=O) groups excluding carboxylic acids is 4. The first-order chi connectivity index (χ1) is 13.6. The molecule has 2 rings (SSSR count). The van der Waals surface area contributed by atoms with Gasteiger partial charge in [0.1, 0.15) is 6.61 Å². The maximum Gasteiger partial charge on any atom is 0.350 e. The fourth-order valence-corrected chi connectivity index (χ4v) is 3.35. The molecule has 1 saturated heterocycles. The highest BCUT2D eigenvalue weighted by atomic mass is 16.6. The monoisotopic (exact) mass is 407 g/mol. The molecule has 1 fully saturated rings. The van der Waals surface area contributed by atoms with Gasteiger partial charge in [-0.3, -0.25) is 9.59 Å². The first kappa shape index (κ1) is 22.8. The van der Waals surface area contributed by atoms with E-state index in [1.165, 1.54) is 13.8 Å². The lowest BCUT2D eigenvalue weighted by atomic mass is 9.84. The fourth-order valence-electron chi connectivity index (χ4n) is 3.35. The third kappa shape index (κ3) is 5.32. The number of nitrogens with zero attached hydrogens (tertiary/aromatic N) is 1. The van der Waals surface area contributed by atoms with Crippen LogP contribution in [0.2, 0.25) is 0 Å². The molecular weight excluding hydrogens is 378 g/mol. The molecule has 2 heterocycles. The van der Waals surface area contributed by atoms with Crippen molar-refractivity contribution in [3.63, 3.8) is 0 Å². The molecule has 160 valence electrons. The average molecular weight is 407 g/mol. The van der Waals surface area contributed by atoms with Crippen molar-refractivity contribution < 1.29 is 33.4 Å². The molecule has 0 aromatic heterocycles. The summed E-state index contributed by atoms with van der Waals surface area (Å²) in [5, 5.41) is 0. The third-order valence-electron chi connectivity index (χ3n) is 5.48. The Morgan fingerprint density at radius 2 is 2.03 bits per heavy atom. The van der Waals surface area contributed by atoms with Crippen molar-refractivity contribution in [1.29, 1.82) is 0 Å². The van der Waals surface area contributed by atoms with Gasteiger partial charge in [0.05, 0.1) is 0 Å². The van der Waals surface area contributed by atoms with Crippen LogP contribution in [-0.2, 0) is 33.4 Å². The summed E-state index contributed by atoms with van der Waals surface area (Å²) >= 11 is 0. The number of ketones is 1. The Hall–Kier alpha value is -2.48. The summed E-state index contributed by atoms with van der Waals surface area (Å²) in [5.41, 5.74) is -1.05. The molecule has 0 N–H and O–H groups in total. The zero-order valence-electron chi connectivity index (χ0n) is 17.6. The van der Waals surface area contributed by atoms with Crippen LogP contribution in [0.5, 0.6) is 0 Å². The molecule has 8 nitrogen and oxygen atoms in total. The van der Waals surface area contributed by atoms with Crippen molar-refractivity contribution in [2.75, 3.05) is 26.7 Å². The molecule has 0 spiro atoms. The highest BCUT2D eigenvalue weighted by molar-refractivity contribution is 6.01. The number of rotatable bonds is 1. The number of ether oxygens (including phenoxy) is 3. The lowest BCUT2D eigenvalue weighted by Crippen LogP contribution is -2.48. The van der Waals surface area contributed by atoms with Gasteiger partial charge in [-0.2, -0.15) is 0 Å². The highest BCUT2D eigenvalue weighted by Crippen LogP contribution is 2.31. The van der Waals surface area contributed by atoms with Gasteiger partial charge in [-0.15, -0.1) is 0 Å². The Morgan fingerprint density at radius 1 is 1.34 bits per heavy atom. The van der Waals surface area contributed by atoms with Gasteiger partial charge in [0.2, 0.25) is 11.4 Å². The van der Waals surface area contributed by atoms with E-state index in [1.807, 2.05) is 11.9 Å². The second kappa shape index (κ2) is 9.35. The molecule has 2 bridgehead atoms. The summed E-state index contributed by atoms with van der Waals surface area (Å²) in [5.74, 6) is -2.95. The molecule has 0 saturated carbocycles. The Kier molecular flexibility index (Phi) is 7.35. The van der Waals surface area contributed by atoms with Crippen LogP contribution in [0.1, 0.15) is 40.5 Å². The van der Waals surface area contributed by atoms with E-state index in [-0.39, 0.29) is 24.4 Å². The summed E-state index contributed by atoms with van der Waals surface area (Å²) in [6, 6.07) is 0. The molecule has 3 atom stereocenters. The molecule has 0 amide bonds. The van der Waals surface area contributed by atoms with Crippen molar-refractivity contribution in [3.8, 4) is 0 Å². The first-order valence-corrected chi connectivity index (χ1v) is 9.73. The predicted molar refractivity (Wildman–Crippen MR) is 104 cm³/mol. The number of hydrogen-bond acceptors (Lipinski definition) is 8. The number of allylic oxidation sites excluding steroid dienone is 1. The molecule has 0 aromatic rings. The Labute approximate surface area is 170 Å². The second-order valence-electron chi connectivity index (χ2n) is 7.73. The minimum absolute atomic E-state index is 0.123. The summed E-state index contributed by atoms with van der Waals surface area (Å²) in [4.78, 5) is 52.1. The number of fused-ring (bicyclic) bond motifs is 2. The van der Waals surface area contributed by atoms with Gasteiger partial charge < -0.3 is 19.1 Å². The van der Waals surface area contributed by atoms with Gasteiger partial charge >= 0.3 is 17.9 Å². The van der Waals surface area contributed by atoms with E-state index in [1.54, 1.807) is 26.0 Å². The van der Waals surface area contributed by atoms with E-state index in [0.29, 0.717) is 25.1 Å². The first-order valence-electron chi connectivity index (χ1n) is 9.73. The van der Waals surface area contributed by atoms with Crippen LogP contribution in [0, 0.1) is 5.92 Å². The van der Waals surface area contributed by atoms with E-state index in [0.717, 1.165) is 0 Å². The minimum atomic E-state index is -1.61. The molecule has 0 aromatic carbocycles. The van der Waals surface area contributed by atoms with E-state index >= 15 is 0 Å². The molecule has 2 aliphatic heterocycles. The zero-order chi connectivity index (χ0) is 21.8. The highest BCUT2D eigenvalue weighted by Gasteiger charge is 2.45. The molecule has 8 heteroatoms. The number of Topliss-reactive ketones (excluding diaryl/α,β-unsaturated/α-hetero) is 1. The minimum Gasteiger partial charge on any atom is -0.458 e. The van der Waals surface area contributed by atoms with Crippen molar-refractivity contribution in [1.82, 2.24) is 4.90 Å². The lowest BCUT2D eigenvalue weighted by Gasteiger charge is -2.34. The zero-order valence-corrected chi connectivity index (χ0v) is 17.6.